The Kier molecular flexibility index (Phi) is 5.48. The molecule has 1 fully saturated rings. The maximum atomic E-state index is 6.17. The molecule has 2 aromatic carbocycles. The third-order valence-electron chi connectivity index (χ3n) is 4.71. The van der Waals surface area contributed by atoms with E-state index in [2.05, 4.69) is 25.8 Å². The Bertz CT molecular complexity index is 945. The molecule has 1 aromatic heterocycles. The minimum atomic E-state index is 0.477. The Morgan fingerprint density at radius 1 is 0.857 bits per heavy atom. The summed E-state index contributed by atoms with van der Waals surface area (Å²) in [6.07, 6.45) is 1.52. The average Bonchev–Trinajstić information content (AvgIpc) is 2.76. The second-order valence-electron chi connectivity index (χ2n) is 6.39. The molecule has 144 valence electrons. The largest absolute Gasteiger partial charge is 0.495 e. The standard InChI is InChI=1S/C21H21ClN4O2/c1-27-19-9-5-3-7-17(19)25-10-12-26(13-11-25)20-14-21(24-15-23-20)28-18-8-4-2-6-16(18)22/h2-9,14-15H,10-13H2,1H3. The van der Waals surface area contributed by atoms with Crippen molar-refractivity contribution in [3.05, 3.63) is 65.9 Å². The van der Waals surface area contributed by atoms with Gasteiger partial charge in [-0.25, -0.2) is 9.97 Å². The number of aromatic nitrogens is 2. The summed E-state index contributed by atoms with van der Waals surface area (Å²) in [5, 5.41) is 0.549. The number of para-hydroxylation sites is 3. The average molecular weight is 397 g/mol. The first-order chi connectivity index (χ1) is 13.7. The second kappa shape index (κ2) is 8.35. The van der Waals surface area contributed by atoms with Crippen molar-refractivity contribution in [2.45, 2.75) is 0 Å². The molecule has 0 amide bonds. The molecule has 2 heterocycles. The van der Waals surface area contributed by atoms with Crippen molar-refractivity contribution >= 4 is 23.1 Å². The van der Waals surface area contributed by atoms with Crippen LogP contribution in [0.4, 0.5) is 11.5 Å². The van der Waals surface area contributed by atoms with E-state index in [-0.39, 0.29) is 0 Å². The number of hydrogen-bond acceptors (Lipinski definition) is 6. The van der Waals surface area contributed by atoms with Crippen LogP contribution in [0.25, 0.3) is 0 Å². The number of benzene rings is 2. The van der Waals surface area contributed by atoms with Gasteiger partial charge in [0, 0.05) is 32.2 Å². The highest BCUT2D eigenvalue weighted by Gasteiger charge is 2.21. The van der Waals surface area contributed by atoms with Gasteiger partial charge >= 0.3 is 0 Å². The highest BCUT2D eigenvalue weighted by atomic mass is 35.5. The number of methoxy groups -OCH3 is 1. The summed E-state index contributed by atoms with van der Waals surface area (Å²) in [4.78, 5) is 13.2. The first-order valence-corrected chi connectivity index (χ1v) is 9.50. The fraction of sp³-hybridized carbons (Fsp3) is 0.238. The first-order valence-electron chi connectivity index (χ1n) is 9.12. The summed E-state index contributed by atoms with van der Waals surface area (Å²) >= 11 is 6.17. The van der Waals surface area contributed by atoms with E-state index in [9.17, 15) is 0 Å². The number of rotatable bonds is 5. The zero-order valence-corrected chi connectivity index (χ0v) is 16.3. The summed E-state index contributed by atoms with van der Waals surface area (Å²) in [5.74, 6) is 2.80. The second-order valence-corrected chi connectivity index (χ2v) is 6.80. The van der Waals surface area contributed by atoms with Crippen LogP contribution < -0.4 is 19.3 Å². The van der Waals surface area contributed by atoms with Crippen LogP contribution in [0.15, 0.2) is 60.9 Å². The predicted octanol–water partition coefficient (Wildman–Crippen LogP) is 4.26. The van der Waals surface area contributed by atoms with Gasteiger partial charge in [-0.15, -0.1) is 0 Å². The van der Waals surface area contributed by atoms with E-state index in [4.69, 9.17) is 21.1 Å². The molecule has 1 aliphatic rings. The van der Waals surface area contributed by atoms with Crippen LogP contribution >= 0.6 is 11.6 Å². The van der Waals surface area contributed by atoms with Gasteiger partial charge in [0.15, 0.2) is 0 Å². The first kappa shape index (κ1) is 18.4. The number of hydrogen-bond donors (Lipinski definition) is 0. The van der Waals surface area contributed by atoms with Crippen LogP contribution in [0.1, 0.15) is 0 Å². The highest BCUT2D eigenvalue weighted by molar-refractivity contribution is 6.32. The number of ether oxygens (including phenoxy) is 2. The van der Waals surface area contributed by atoms with E-state index in [0.717, 1.165) is 43.4 Å². The maximum Gasteiger partial charge on any atom is 0.224 e. The molecule has 4 rings (SSSR count). The molecule has 1 aliphatic heterocycles. The van der Waals surface area contributed by atoms with E-state index in [0.29, 0.717) is 16.7 Å². The molecule has 7 heteroatoms. The van der Waals surface area contributed by atoms with Gasteiger partial charge < -0.3 is 19.3 Å². The zero-order valence-electron chi connectivity index (χ0n) is 15.6. The molecule has 1 saturated heterocycles. The maximum absolute atomic E-state index is 6.17. The molecule has 0 saturated carbocycles. The number of piperazine rings is 1. The van der Waals surface area contributed by atoms with Crippen molar-refractivity contribution in [1.82, 2.24) is 9.97 Å². The number of halogens is 1. The van der Waals surface area contributed by atoms with Gasteiger partial charge in [0.1, 0.15) is 23.6 Å². The Morgan fingerprint density at radius 3 is 2.29 bits per heavy atom. The fourth-order valence-electron chi connectivity index (χ4n) is 3.27. The lowest BCUT2D eigenvalue weighted by Crippen LogP contribution is -2.47. The van der Waals surface area contributed by atoms with Crippen molar-refractivity contribution in [2.24, 2.45) is 0 Å². The SMILES string of the molecule is COc1ccccc1N1CCN(c2cc(Oc3ccccc3Cl)ncn2)CC1. The predicted molar refractivity (Wildman–Crippen MR) is 111 cm³/mol. The van der Waals surface area contributed by atoms with E-state index in [1.165, 1.54) is 6.33 Å². The third kappa shape index (κ3) is 3.97. The normalized spacial score (nSPS) is 14.1. The molecule has 0 N–H and O–H groups in total. The van der Waals surface area contributed by atoms with Gasteiger partial charge in [0.05, 0.1) is 17.8 Å². The van der Waals surface area contributed by atoms with Gasteiger partial charge in [0.25, 0.3) is 0 Å². The summed E-state index contributed by atoms with van der Waals surface area (Å²) in [6, 6.07) is 17.3. The lowest BCUT2D eigenvalue weighted by atomic mass is 10.2. The molecule has 0 bridgehead atoms. The third-order valence-corrected chi connectivity index (χ3v) is 5.02. The topological polar surface area (TPSA) is 50.7 Å². The Balaban J connectivity index is 1.44. The van der Waals surface area contributed by atoms with E-state index >= 15 is 0 Å². The van der Waals surface area contributed by atoms with Crippen molar-refractivity contribution in [2.75, 3.05) is 43.1 Å². The molecule has 0 aliphatic carbocycles. The quantitative estimate of drug-likeness (QED) is 0.642. The molecule has 0 spiro atoms. The summed E-state index contributed by atoms with van der Waals surface area (Å²) in [5.41, 5.74) is 1.12. The van der Waals surface area contributed by atoms with Gasteiger partial charge in [-0.05, 0) is 24.3 Å². The Labute approximate surface area is 169 Å². The molecular formula is C21H21ClN4O2. The lowest BCUT2D eigenvalue weighted by Gasteiger charge is -2.37. The minimum absolute atomic E-state index is 0.477. The lowest BCUT2D eigenvalue weighted by molar-refractivity contribution is 0.413. The van der Waals surface area contributed by atoms with Crippen molar-refractivity contribution in [3.63, 3.8) is 0 Å². The monoisotopic (exact) mass is 396 g/mol. The fourth-order valence-corrected chi connectivity index (χ4v) is 3.44. The van der Waals surface area contributed by atoms with E-state index in [1.54, 1.807) is 13.2 Å². The van der Waals surface area contributed by atoms with E-state index in [1.807, 2.05) is 42.5 Å². The van der Waals surface area contributed by atoms with Crippen LogP contribution in [0, 0.1) is 0 Å². The highest BCUT2D eigenvalue weighted by Crippen LogP contribution is 2.31. The number of nitrogens with zero attached hydrogens (tertiary/aromatic N) is 4. The summed E-state index contributed by atoms with van der Waals surface area (Å²) in [6.45, 7) is 3.46. The van der Waals surface area contributed by atoms with Gasteiger partial charge in [0.2, 0.25) is 5.88 Å². The molecule has 6 nitrogen and oxygen atoms in total. The van der Waals surface area contributed by atoms with E-state index < -0.39 is 0 Å². The van der Waals surface area contributed by atoms with Crippen molar-refractivity contribution < 1.29 is 9.47 Å². The molecule has 0 radical (unpaired) electrons. The Morgan fingerprint density at radius 2 is 1.54 bits per heavy atom. The van der Waals surface area contributed by atoms with Gasteiger partial charge in [-0.2, -0.15) is 0 Å². The smallest absolute Gasteiger partial charge is 0.224 e. The van der Waals surface area contributed by atoms with Crippen LogP contribution in [-0.2, 0) is 0 Å². The zero-order chi connectivity index (χ0) is 19.3. The summed E-state index contributed by atoms with van der Waals surface area (Å²) in [7, 11) is 1.70. The molecule has 0 atom stereocenters. The van der Waals surface area contributed by atoms with Gasteiger partial charge in [-0.3, -0.25) is 0 Å². The van der Waals surface area contributed by atoms with Crippen molar-refractivity contribution in [1.29, 1.82) is 0 Å². The summed E-state index contributed by atoms with van der Waals surface area (Å²) < 4.78 is 11.3. The van der Waals surface area contributed by atoms with Crippen molar-refractivity contribution in [3.8, 4) is 17.4 Å². The Hall–Kier alpha value is -2.99. The minimum Gasteiger partial charge on any atom is -0.495 e. The van der Waals surface area contributed by atoms with Crippen LogP contribution in [0.5, 0.6) is 17.4 Å². The van der Waals surface area contributed by atoms with Crippen LogP contribution in [-0.4, -0.2) is 43.3 Å². The molecule has 0 unspecified atom stereocenters. The molecule has 28 heavy (non-hydrogen) atoms. The van der Waals surface area contributed by atoms with Gasteiger partial charge in [-0.1, -0.05) is 35.9 Å². The molecule has 3 aromatic rings. The number of anilines is 2. The molecular weight excluding hydrogens is 376 g/mol. The van der Waals surface area contributed by atoms with Crippen LogP contribution in [0.3, 0.4) is 0 Å². The van der Waals surface area contributed by atoms with Crippen LogP contribution in [0.2, 0.25) is 5.02 Å².